The lowest BCUT2D eigenvalue weighted by molar-refractivity contribution is -0.133. The Labute approximate surface area is 167 Å². The molecule has 0 aliphatic rings. The first kappa shape index (κ1) is 18.4. The molecule has 2 heterocycles. The average Bonchev–Trinajstić information content (AvgIpc) is 3.11. The third-order valence-corrected chi connectivity index (χ3v) is 5.85. The predicted octanol–water partition coefficient (Wildman–Crippen LogP) is 4.43. The molecule has 0 aliphatic heterocycles. The lowest BCUT2D eigenvalue weighted by atomic mass is 10.1. The normalized spacial score (nSPS) is 11.0. The standard InChI is InChI=1S/C20H13FN2O3S2/c21-13-7-4-8-14(9-13)23-19(26)17-15(12-5-2-1-3-6-12)10-27-18(17)22-20(23)28-11-16(24)25/h1-10H,11H2,(H,24,25). The summed E-state index contributed by atoms with van der Waals surface area (Å²) in [6.45, 7) is 0. The van der Waals surface area contributed by atoms with Crippen molar-refractivity contribution in [3.05, 3.63) is 76.1 Å². The minimum atomic E-state index is -1.03. The van der Waals surface area contributed by atoms with Crippen LogP contribution in [-0.4, -0.2) is 26.4 Å². The molecule has 0 fully saturated rings. The minimum Gasteiger partial charge on any atom is -0.481 e. The predicted molar refractivity (Wildman–Crippen MR) is 109 cm³/mol. The minimum absolute atomic E-state index is 0.215. The number of rotatable bonds is 5. The smallest absolute Gasteiger partial charge is 0.313 e. The summed E-state index contributed by atoms with van der Waals surface area (Å²) in [6.07, 6.45) is 0. The lowest BCUT2D eigenvalue weighted by Crippen LogP contribution is -2.22. The summed E-state index contributed by atoms with van der Waals surface area (Å²) in [7, 11) is 0. The Kier molecular flexibility index (Phi) is 4.97. The number of carboxylic acids is 1. The van der Waals surface area contributed by atoms with Crippen LogP contribution in [0.3, 0.4) is 0 Å². The average molecular weight is 412 g/mol. The summed E-state index contributed by atoms with van der Waals surface area (Å²) < 4.78 is 15.1. The first-order chi connectivity index (χ1) is 13.5. The number of benzene rings is 2. The number of hydrogen-bond donors (Lipinski definition) is 1. The maximum absolute atomic E-state index is 13.8. The summed E-state index contributed by atoms with van der Waals surface area (Å²) in [5, 5.41) is 11.5. The van der Waals surface area contributed by atoms with E-state index in [1.54, 1.807) is 6.07 Å². The molecule has 0 aliphatic carbocycles. The molecule has 4 rings (SSSR count). The van der Waals surface area contributed by atoms with Crippen LogP contribution in [0.4, 0.5) is 4.39 Å². The second-order valence-corrected chi connectivity index (χ2v) is 7.69. The van der Waals surface area contributed by atoms with Gasteiger partial charge in [-0.3, -0.25) is 14.2 Å². The number of hydrogen-bond acceptors (Lipinski definition) is 5. The summed E-state index contributed by atoms with van der Waals surface area (Å²) in [5.41, 5.74) is 1.57. The van der Waals surface area contributed by atoms with Gasteiger partial charge in [0, 0.05) is 10.9 Å². The topological polar surface area (TPSA) is 72.2 Å². The zero-order valence-corrected chi connectivity index (χ0v) is 16.0. The molecule has 5 nitrogen and oxygen atoms in total. The summed E-state index contributed by atoms with van der Waals surface area (Å²) >= 11 is 2.25. The second-order valence-electron chi connectivity index (χ2n) is 5.89. The lowest BCUT2D eigenvalue weighted by Gasteiger charge is -2.12. The molecule has 28 heavy (non-hydrogen) atoms. The molecule has 0 saturated heterocycles. The van der Waals surface area contributed by atoms with E-state index in [2.05, 4.69) is 4.98 Å². The highest BCUT2D eigenvalue weighted by Gasteiger charge is 2.19. The molecule has 1 N–H and O–H groups in total. The van der Waals surface area contributed by atoms with Gasteiger partial charge in [-0.1, -0.05) is 48.2 Å². The van der Waals surface area contributed by atoms with Crippen molar-refractivity contribution in [3.8, 4) is 16.8 Å². The Morgan fingerprint density at radius 3 is 2.68 bits per heavy atom. The van der Waals surface area contributed by atoms with E-state index in [9.17, 15) is 14.0 Å². The van der Waals surface area contributed by atoms with Gasteiger partial charge >= 0.3 is 5.97 Å². The van der Waals surface area contributed by atoms with E-state index in [1.165, 1.54) is 34.1 Å². The van der Waals surface area contributed by atoms with Crippen LogP contribution in [-0.2, 0) is 4.79 Å². The molecular formula is C20H13FN2O3S2. The number of nitrogens with zero attached hydrogens (tertiary/aromatic N) is 2. The van der Waals surface area contributed by atoms with Crippen LogP contribution in [0, 0.1) is 5.82 Å². The molecule has 0 unspecified atom stereocenters. The maximum Gasteiger partial charge on any atom is 0.313 e. The van der Waals surface area contributed by atoms with Crippen molar-refractivity contribution in [1.29, 1.82) is 0 Å². The van der Waals surface area contributed by atoms with Crippen molar-refractivity contribution < 1.29 is 14.3 Å². The molecular weight excluding hydrogens is 399 g/mol. The van der Waals surface area contributed by atoms with Gasteiger partial charge in [-0.15, -0.1) is 11.3 Å². The van der Waals surface area contributed by atoms with Crippen LogP contribution in [0.25, 0.3) is 27.0 Å². The number of thioether (sulfide) groups is 1. The quantitative estimate of drug-likeness (QED) is 0.388. The number of carboxylic acid groups (broad SMARTS) is 1. The van der Waals surface area contributed by atoms with Crippen molar-refractivity contribution in [1.82, 2.24) is 9.55 Å². The summed E-state index contributed by atoms with van der Waals surface area (Å²) in [5.74, 6) is -1.78. The highest BCUT2D eigenvalue weighted by molar-refractivity contribution is 7.99. The molecule has 2 aromatic carbocycles. The Hall–Kier alpha value is -2.97. The van der Waals surface area contributed by atoms with E-state index in [4.69, 9.17) is 5.11 Å². The van der Waals surface area contributed by atoms with Gasteiger partial charge in [-0.05, 0) is 23.8 Å². The van der Waals surface area contributed by atoms with E-state index in [1.807, 2.05) is 35.7 Å². The van der Waals surface area contributed by atoms with Crippen molar-refractivity contribution in [2.75, 3.05) is 5.75 Å². The van der Waals surface area contributed by atoms with Gasteiger partial charge in [0.1, 0.15) is 10.6 Å². The first-order valence-electron chi connectivity index (χ1n) is 8.25. The first-order valence-corrected chi connectivity index (χ1v) is 10.1. The SMILES string of the molecule is O=C(O)CSc1nc2scc(-c3ccccc3)c2c(=O)n1-c1cccc(F)c1. The van der Waals surface area contributed by atoms with E-state index >= 15 is 0 Å². The molecule has 0 atom stereocenters. The van der Waals surface area contributed by atoms with Crippen molar-refractivity contribution in [3.63, 3.8) is 0 Å². The van der Waals surface area contributed by atoms with Gasteiger partial charge in [0.25, 0.3) is 5.56 Å². The third-order valence-electron chi connectivity index (χ3n) is 4.05. The molecule has 8 heteroatoms. The van der Waals surface area contributed by atoms with E-state index in [0.29, 0.717) is 15.9 Å². The molecule has 0 spiro atoms. The van der Waals surface area contributed by atoms with E-state index < -0.39 is 11.8 Å². The fraction of sp³-hybridized carbons (Fsp3) is 0.0500. The molecule has 0 saturated carbocycles. The highest BCUT2D eigenvalue weighted by atomic mass is 32.2. The van der Waals surface area contributed by atoms with Crippen LogP contribution in [0.15, 0.2) is 69.9 Å². The Morgan fingerprint density at radius 1 is 1.18 bits per heavy atom. The molecule has 140 valence electrons. The number of aromatic nitrogens is 2. The van der Waals surface area contributed by atoms with Crippen LogP contribution in [0.5, 0.6) is 0 Å². The largest absolute Gasteiger partial charge is 0.481 e. The van der Waals surface area contributed by atoms with Gasteiger partial charge in [-0.2, -0.15) is 0 Å². The second kappa shape index (κ2) is 7.57. The number of fused-ring (bicyclic) bond motifs is 1. The van der Waals surface area contributed by atoms with Crippen molar-refractivity contribution in [2.24, 2.45) is 0 Å². The van der Waals surface area contributed by atoms with E-state index in [-0.39, 0.29) is 16.5 Å². The van der Waals surface area contributed by atoms with Crippen LogP contribution in [0.2, 0.25) is 0 Å². The van der Waals surface area contributed by atoms with Gasteiger partial charge in [-0.25, -0.2) is 9.37 Å². The van der Waals surface area contributed by atoms with Gasteiger partial charge in [0.15, 0.2) is 5.16 Å². The molecule has 0 amide bonds. The third kappa shape index (κ3) is 3.44. The van der Waals surface area contributed by atoms with Gasteiger partial charge in [0.05, 0.1) is 16.8 Å². The van der Waals surface area contributed by atoms with Crippen molar-refractivity contribution in [2.45, 2.75) is 5.16 Å². The van der Waals surface area contributed by atoms with Crippen LogP contribution >= 0.6 is 23.1 Å². The fourth-order valence-electron chi connectivity index (χ4n) is 2.87. The zero-order chi connectivity index (χ0) is 19.7. The van der Waals surface area contributed by atoms with Crippen LogP contribution in [0.1, 0.15) is 0 Å². The van der Waals surface area contributed by atoms with E-state index in [0.717, 1.165) is 22.9 Å². The summed E-state index contributed by atoms with van der Waals surface area (Å²) in [6, 6.07) is 15.1. The number of carbonyl (C=O) groups is 1. The molecule has 0 bridgehead atoms. The Balaban J connectivity index is 2.00. The van der Waals surface area contributed by atoms with Crippen LogP contribution < -0.4 is 5.56 Å². The van der Waals surface area contributed by atoms with Gasteiger partial charge in [0.2, 0.25) is 0 Å². The van der Waals surface area contributed by atoms with Gasteiger partial charge < -0.3 is 5.11 Å². The summed E-state index contributed by atoms with van der Waals surface area (Å²) in [4.78, 5) is 29.5. The molecule has 2 aromatic heterocycles. The highest BCUT2D eigenvalue weighted by Crippen LogP contribution is 2.32. The molecule has 0 radical (unpaired) electrons. The Morgan fingerprint density at radius 2 is 1.96 bits per heavy atom. The Bertz CT molecular complexity index is 1240. The number of halogens is 1. The zero-order valence-electron chi connectivity index (χ0n) is 14.3. The monoisotopic (exact) mass is 412 g/mol. The number of thiophene rings is 1. The van der Waals surface area contributed by atoms with Crippen molar-refractivity contribution >= 4 is 39.3 Å². The fourth-order valence-corrected chi connectivity index (χ4v) is 4.59. The maximum atomic E-state index is 13.8. The molecule has 4 aromatic rings. The number of aliphatic carboxylic acids is 1.